The SMILES string of the molecule is Cl.Cl.NC[C@]1(c2cccc(Cl)c2)CC[C@H](N2CCN(c3ncccn3)CC2)CC1. The first kappa shape index (κ1) is 24.2. The normalized spacial score (nSPS) is 25.0. The number of benzene rings is 1. The quantitative estimate of drug-likeness (QED) is 0.752. The molecular weight excluding hydrogens is 429 g/mol. The van der Waals surface area contributed by atoms with Crippen LogP contribution in [0.1, 0.15) is 31.2 Å². The summed E-state index contributed by atoms with van der Waals surface area (Å²) in [5, 5.41) is 0.807. The summed E-state index contributed by atoms with van der Waals surface area (Å²) in [6.45, 7) is 4.85. The first-order valence-electron chi connectivity index (χ1n) is 9.92. The molecule has 2 aliphatic rings. The van der Waals surface area contributed by atoms with E-state index in [-0.39, 0.29) is 30.2 Å². The summed E-state index contributed by atoms with van der Waals surface area (Å²) in [5.74, 6) is 0.851. The molecule has 5 nitrogen and oxygen atoms in total. The molecular formula is C21H30Cl3N5. The second-order valence-corrected chi connectivity index (χ2v) is 8.23. The van der Waals surface area contributed by atoms with Crippen molar-refractivity contribution in [3.8, 4) is 0 Å². The number of anilines is 1. The molecule has 1 saturated carbocycles. The molecule has 160 valence electrons. The van der Waals surface area contributed by atoms with Gasteiger partial charge in [-0.1, -0.05) is 23.7 Å². The van der Waals surface area contributed by atoms with E-state index in [1.807, 2.05) is 30.6 Å². The van der Waals surface area contributed by atoms with E-state index < -0.39 is 0 Å². The van der Waals surface area contributed by atoms with Crippen molar-refractivity contribution in [2.24, 2.45) is 5.73 Å². The number of aromatic nitrogens is 2. The molecule has 2 N–H and O–H groups in total. The lowest BCUT2D eigenvalue weighted by Gasteiger charge is -2.46. The number of hydrogen-bond donors (Lipinski definition) is 1. The van der Waals surface area contributed by atoms with Gasteiger partial charge in [0.25, 0.3) is 0 Å². The van der Waals surface area contributed by atoms with Crippen molar-refractivity contribution in [1.82, 2.24) is 14.9 Å². The average molecular weight is 459 g/mol. The Morgan fingerprint density at radius 1 is 1.00 bits per heavy atom. The lowest BCUT2D eigenvalue weighted by Crippen LogP contribution is -2.53. The molecule has 0 unspecified atom stereocenters. The second-order valence-electron chi connectivity index (χ2n) is 7.80. The van der Waals surface area contributed by atoms with Gasteiger partial charge in [-0.15, -0.1) is 24.8 Å². The molecule has 1 saturated heterocycles. The second kappa shape index (κ2) is 10.8. The van der Waals surface area contributed by atoms with E-state index in [4.69, 9.17) is 17.3 Å². The molecule has 29 heavy (non-hydrogen) atoms. The van der Waals surface area contributed by atoms with Gasteiger partial charge >= 0.3 is 0 Å². The fraction of sp³-hybridized carbons (Fsp3) is 0.524. The number of nitrogens with zero attached hydrogens (tertiary/aromatic N) is 4. The predicted molar refractivity (Wildman–Crippen MR) is 125 cm³/mol. The van der Waals surface area contributed by atoms with Crippen molar-refractivity contribution in [2.75, 3.05) is 37.6 Å². The Labute approximate surface area is 190 Å². The van der Waals surface area contributed by atoms with Crippen molar-refractivity contribution >= 4 is 42.4 Å². The number of nitrogens with two attached hydrogens (primary N) is 1. The van der Waals surface area contributed by atoms with E-state index in [0.29, 0.717) is 12.6 Å². The highest BCUT2D eigenvalue weighted by Gasteiger charge is 2.38. The topological polar surface area (TPSA) is 58.3 Å². The number of halogens is 3. The highest BCUT2D eigenvalue weighted by molar-refractivity contribution is 6.30. The molecule has 2 aromatic rings. The van der Waals surface area contributed by atoms with Crippen LogP contribution < -0.4 is 10.6 Å². The molecule has 0 spiro atoms. The van der Waals surface area contributed by atoms with Gasteiger partial charge in [0.2, 0.25) is 5.95 Å². The van der Waals surface area contributed by atoms with Crippen LogP contribution in [0.2, 0.25) is 5.02 Å². The Morgan fingerprint density at radius 3 is 2.24 bits per heavy atom. The fourth-order valence-electron chi connectivity index (χ4n) is 4.69. The van der Waals surface area contributed by atoms with Gasteiger partial charge < -0.3 is 10.6 Å². The van der Waals surface area contributed by atoms with E-state index in [9.17, 15) is 0 Å². The summed E-state index contributed by atoms with van der Waals surface area (Å²) in [5.41, 5.74) is 7.64. The van der Waals surface area contributed by atoms with Crippen molar-refractivity contribution in [2.45, 2.75) is 37.1 Å². The fourth-order valence-corrected chi connectivity index (χ4v) is 4.88. The molecule has 2 fully saturated rings. The van der Waals surface area contributed by atoms with Crippen LogP contribution in [0, 0.1) is 0 Å². The monoisotopic (exact) mass is 457 g/mol. The van der Waals surface area contributed by atoms with Crippen LogP contribution in [0.3, 0.4) is 0 Å². The largest absolute Gasteiger partial charge is 0.338 e. The van der Waals surface area contributed by atoms with Gasteiger partial charge in [0.05, 0.1) is 0 Å². The van der Waals surface area contributed by atoms with E-state index in [1.165, 1.54) is 18.4 Å². The molecule has 0 bridgehead atoms. The molecule has 4 rings (SSSR count). The molecule has 1 aromatic heterocycles. The predicted octanol–water partition coefficient (Wildman–Crippen LogP) is 3.93. The molecule has 1 aromatic carbocycles. The summed E-state index contributed by atoms with van der Waals surface area (Å²) < 4.78 is 0. The molecule has 0 radical (unpaired) electrons. The summed E-state index contributed by atoms with van der Waals surface area (Å²) in [6.07, 6.45) is 8.31. The molecule has 8 heteroatoms. The molecule has 0 atom stereocenters. The highest BCUT2D eigenvalue weighted by Crippen LogP contribution is 2.41. The molecule has 0 amide bonds. The summed E-state index contributed by atoms with van der Waals surface area (Å²) in [4.78, 5) is 13.7. The molecule has 1 aliphatic carbocycles. The van der Waals surface area contributed by atoms with E-state index in [0.717, 1.165) is 50.0 Å². The van der Waals surface area contributed by atoms with Crippen molar-refractivity contribution in [3.05, 3.63) is 53.3 Å². The lowest BCUT2D eigenvalue weighted by atomic mass is 9.68. The zero-order valence-electron chi connectivity index (χ0n) is 16.5. The van der Waals surface area contributed by atoms with E-state index in [1.54, 1.807) is 0 Å². The van der Waals surface area contributed by atoms with Crippen LogP contribution in [0.5, 0.6) is 0 Å². The third kappa shape index (κ3) is 5.33. The van der Waals surface area contributed by atoms with E-state index in [2.05, 4.69) is 31.9 Å². The molecule has 2 heterocycles. The number of piperazine rings is 1. The third-order valence-electron chi connectivity index (χ3n) is 6.41. The smallest absolute Gasteiger partial charge is 0.225 e. The van der Waals surface area contributed by atoms with Crippen molar-refractivity contribution < 1.29 is 0 Å². The van der Waals surface area contributed by atoms with Crippen LogP contribution in [0.4, 0.5) is 5.95 Å². The van der Waals surface area contributed by atoms with Gasteiger partial charge in [-0.05, 0) is 49.4 Å². The Bertz CT molecular complexity index is 745. The highest BCUT2D eigenvalue weighted by atomic mass is 35.5. The van der Waals surface area contributed by atoms with Gasteiger partial charge in [0, 0.05) is 61.6 Å². The first-order chi connectivity index (χ1) is 13.2. The maximum absolute atomic E-state index is 6.25. The third-order valence-corrected chi connectivity index (χ3v) is 6.64. The van der Waals surface area contributed by atoms with Gasteiger partial charge in [0.1, 0.15) is 0 Å². The van der Waals surface area contributed by atoms with Gasteiger partial charge in [-0.2, -0.15) is 0 Å². The van der Waals surface area contributed by atoms with Gasteiger partial charge in [-0.25, -0.2) is 9.97 Å². The summed E-state index contributed by atoms with van der Waals surface area (Å²) >= 11 is 6.23. The standard InChI is InChI=1S/C21H28ClN5.2ClH/c22-18-4-1-3-17(15-18)21(16-23)7-5-19(6-8-21)26-11-13-27(14-12-26)20-24-9-2-10-25-20;;/h1-4,9-10,15,19H,5-8,11-14,16,23H2;2*1H/t19-,21-;;. The average Bonchev–Trinajstić information content (AvgIpc) is 2.75. The molecule has 1 aliphatic heterocycles. The minimum absolute atomic E-state index is 0. The van der Waals surface area contributed by atoms with Crippen molar-refractivity contribution in [3.63, 3.8) is 0 Å². The van der Waals surface area contributed by atoms with Gasteiger partial charge in [-0.3, -0.25) is 4.90 Å². The number of rotatable bonds is 4. The summed E-state index contributed by atoms with van der Waals surface area (Å²) in [7, 11) is 0. The Kier molecular flexibility index (Phi) is 8.98. The Balaban J connectivity index is 0.00000150. The summed E-state index contributed by atoms with van der Waals surface area (Å²) in [6, 6.07) is 10.8. The Hall–Kier alpha value is -1.11. The van der Waals surface area contributed by atoms with Crippen LogP contribution in [0.25, 0.3) is 0 Å². The van der Waals surface area contributed by atoms with E-state index >= 15 is 0 Å². The zero-order valence-corrected chi connectivity index (χ0v) is 18.9. The Morgan fingerprint density at radius 2 is 1.66 bits per heavy atom. The van der Waals surface area contributed by atoms with Crippen LogP contribution in [0.15, 0.2) is 42.7 Å². The zero-order chi connectivity index (χ0) is 18.7. The minimum atomic E-state index is 0. The maximum atomic E-state index is 6.25. The maximum Gasteiger partial charge on any atom is 0.225 e. The first-order valence-corrected chi connectivity index (χ1v) is 10.3. The van der Waals surface area contributed by atoms with Crippen molar-refractivity contribution in [1.29, 1.82) is 0 Å². The number of hydrogen-bond acceptors (Lipinski definition) is 5. The lowest BCUT2D eigenvalue weighted by molar-refractivity contribution is 0.118. The van der Waals surface area contributed by atoms with Gasteiger partial charge in [0.15, 0.2) is 0 Å². The van der Waals surface area contributed by atoms with Crippen LogP contribution in [-0.2, 0) is 5.41 Å². The van der Waals surface area contributed by atoms with Crippen LogP contribution in [-0.4, -0.2) is 53.6 Å². The van der Waals surface area contributed by atoms with Crippen LogP contribution >= 0.6 is 36.4 Å². The minimum Gasteiger partial charge on any atom is -0.338 e.